The van der Waals surface area contributed by atoms with E-state index in [4.69, 9.17) is 9.84 Å². The summed E-state index contributed by atoms with van der Waals surface area (Å²) in [4.78, 5) is 22.0. The molecule has 0 aliphatic rings. The van der Waals surface area contributed by atoms with Gasteiger partial charge < -0.3 is 20.3 Å². The lowest BCUT2D eigenvalue weighted by molar-refractivity contribution is -0.141. The SMILES string of the molecule is COc1cc(CC(NC(C)=O)C(=O)O)cc(Br)c1O. The third-order valence-electron chi connectivity index (χ3n) is 2.42. The van der Waals surface area contributed by atoms with Gasteiger partial charge in [0.1, 0.15) is 6.04 Å². The third-order valence-corrected chi connectivity index (χ3v) is 3.03. The van der Waals surface area contributed by atoms with E-state index >= 15 is 0 Å². The quantitative estimate of drug-likeness (QED) is 0.755. The van der Waals surface area contributed by atoms with E-state index in [-0.39, 0.29) is 17.9 Å². The van der Waals surface area contributed by atoms with Gasteiger partial charge in [-0.15, -0.1) is 0 Å². The maximum atomic E-state index is 11.0. The van der Waals surface area contributed by atoms with Crippen molar-refractivity contribution >= 4 is 27.8 Å². The first kappa shape index (κ1) is 15.3. The molecule has 1 aromatic carbocycles. The molecule has 104 valence electrons. The number of rotatable bonds is 5. The number of carbonyl (C=O) groups is 2. The van der Waals surface area contributed by atoms with Crippen molar-refractivity contribution in [3.05, 3.63) is 22.2 Å². The number of carboxylic acids is 1. The Kier molecular flexibility index (Phi) is 5.17. The van der Waals surface area contributed by atoms with Gasteiger partial charge in [-0.25, -0.2) is 4.79 Å². The summed E-state index contributed by atoms with van der Waals surface area (Å²) >= 11 is 3.15. The number of hydrogen-bond donors (Lipinski definition) is 3. The van der Waals surface area contributed by atoms with E-state index in [1.807, 2.05) is 0 Å². The number of aliphatic carboxylic acids is 1. The molecule has 1 atom stereocenters. The molecule has 0 saturated heterocycles. The van der Waals surface area contributed by atoms with E-state index in [1.54, 1.807) is 6.07 Å². The van der Waals surface area contributed by atoms with Crippen molar-refractivity contribution in [1.29, 1.82) is 0 Å². The van der Waals surface area contributed by atoms with Crippen LogP contribution in [0.3, 0.4) is 0 Å². The van der Waals surface area contributed by atoms with Crippen molar-refractivity contribution in [2.24, 2.45) is 0 Å². The molecular weight excluding hydrogens is 318 g/mol. The molecule has 1 unspecified atom stereocenters. The van der Waals surface area contributed by atoms with Crippen LogP contribution in [0.2, 0.25) is 0 Å². The van der Waals surface area contributed by atoms with Gasteiger partial charge in [0.15, 0.2) is 11.5 Å². The summed E-state index contributed by atoms with van der Waals surface area (Å²) in [5.41, 5.74) is 0.614. The van der Waals surface area contributed by atoms with Crippen LogP contribution in [-0.2, 0) is 16.0 Å². The number of aromatic hydroxyl groups is 1. The number of hydrogen-bond acceptors (Lipinski definition) is 4. The molecule has 6 nitrogen and oxygen atoms in total. The lowest BCUT2D eigenvalue weighted by Gasteiger charge is -2.15. The van der Waals surface area contributed by atoms with Crippen LogP contribution in [0.1, 0.15) is 12.5 Å². The molecule has 1 amide bonds. The number of ether oxygens (including phenoxy) is 1. The highest BCUT2D eigenvalue weighted by molar-refractivity contribution is 9.10. The second-order valence-electron chi connectivity index (χ2n) is 3.92. The van der Waals surface area contributed by atoms with Gasteiger partial charge in [0.2, 0.25) is 5.91 Å². The third kappa shape index (κ3) is 4.13. The van der Waals surface area contributed by atoms with Crippen LogP contribution < -0.4 is 10.1 Å². The number of methoxy groups -OCH3 is 1. The molecule has 1 aromatic rings. The van der Waals surface area contributed by atoms with Crippen LogP contribution in [-0.4, -0.2) is 35.2 Å². The summed E-state index contributed by atoms with van der Waals surface area (Å²) in [6.45, 7) is 1.25. The Bertz CT molecular complexity index is 503. The van der Waals surface area contributed by atoms with Crippen LogP contribution >= 0.6 is 15.9 Å². The van der Waals surface area contributed by atoms with Gasteiger partial charge in [0.05, 0.1) is 11.6 Å². The van der Waals surface area contributed by atoms with Gasteiger partial charge in [-0.3, -0.25) is 4.79 Å². The fraction of sp³-hybridized carbons (Fsp3) is 0.333. The van der Waals surface area contributed by atoms with Gasteiger partial charge in [0.25, 0.3) is 0 Å². The van der Waals surface area contributed by atoms with Gasteiger partial charge in [-0.2, -0.15) is 0 Å². The Morgan fingerprint density at radius 1 is 1.47 bits per heavy atom. The highest BCUT2D eigenvalue weighted by Gasteiger charge is 2.20. The summed E-state index contributed by atoms with van der Waals surface area (Å²) in [6.07, 6.45) is 0.0875. The van der Waals surface area contributed by atoms with Crippen LogP contribution in [0.4, 0.5) is 0 Å². The maximum absolute atomic E-state index is 11.0. The molecule has 0 radical (unpaired) electrons. The van der Waals surface area contributed by atoms with Crippen LogP contribution in [0.15, 0.2) is 16.6 Å². The van der Waals surface area contributed by atoms with Crippen molar-refractivity contribution in [3.63, 3.8) is 0 Å². The molecule has 0 heterocycles. The minimum Gasteiger partial charge on any atom is -0.503 e. The highest BCUT2D eigenvalue weighted by Crippen LogP contribution is 2.35. The fourth-order valence-corrected chi connectivity index (χ4v) is 2.07. The van der Waals surface area contributed by atoms with Crippen molar-refractivity contribution in [1.82, 2.24) is 5.32 Å². The van der Waals surface area contributed by atoms with Gasteiger partial charge in [-0.05, 0) is 33.6 Å². The fourth-order valence-electron chi connectivity index (χ4n) is 1.58. The van der Waals surface area contributed by atoms with Crippen LogP contribution in [0.5, 0.6) is 11.5 Å². The summed E-state index contributed by atoms with van der Waals surface area (Å²) in [7, 11) is 1.40. The Balaban J connectivity index is 2.99. The summed E-state index contributed by atoms with van der Waals surface area (Å²) < 4.78 is 5.37. The predicted octanol–water partition coefficient (Wildman–Crippen LogP) is 1.30. The van der Waals surface area contributed by atoms with Gasteiger partial charge in [-0.1, -0.05) is 0 Å². The Hall–Kier alpha value is -1.76. The van der Waals surface area contributed by atoms with Gasteiger partial charge >= 0.3 is 5.97 Å². The average molecular weight is 332 g/mol. The normalized spacial score (nSPS) is 11.7. The van der Waals surface area contributed by atoms with E-state index in [9.17, 15) is 14.7 Å². The second-order valence-corrected chi connectivity index (χ2v) is 4.78. The van der Waals surface area contributed by atoms with E-state index in [1.165, 1.54) is 20.1 Å². The van der Waals surface area contributed by atoms with Crippen LogP contribution in [0, 0.1) is 0 Å². The molecule has 0 aliphatic heterocycles. The van der Waals surface area contributed by atoms with Crippen molar-refractivity contribution in [2.75, 3.05) is 7.11 Å². The minimum atomic E-state index is -1.13. The number of carbonyl (C=O) groups excluding carboxylic acids is 1. The number of amides is 1. The van der Waals surface area contributed by atoms with E-state index in [0.717, 1.165) is 0 Å². The predicted molar refractivity (Wildman–Crippen MR) is 71.3 cm³/mol. The lowest BCUT2D eigenvalue weighted by Crippen LogP contribution is -2.41. The molecule has 0 aromatic heterocycles. The molecule has 0 fully saturated rings. The molecule has 1 rings (SSSR count). The van der Waals surface area contributed by atoms with E-state index < -0.39 is 17.9 Å². The molecule has 0 spiro atoms. The lowest BCUT2D eigenvalue weighted by atomic mass is 10.1. The van der Waals surface area contributed by atoms with E-state index in [2.05, 4.69) is 21.2 Å². The summed E-state index contributed by atoms with van der Waals surface area (Å²) in [5, 5.41) is 21.0. The Morgan fingerprint density at radius 2 is 2.11 bits per heavy atom. The molecule has 0 aliphatic carbocycles. The molecule has 3 N–H and O–H groups in total. The zero-order valence-electron chi connectivity index (χ0n) is 10.4. The molecular formula is C12H14BrNO5. The molecule has 0 bridgehead atoms. The topological polar surface area (TPSA) is 95.9 Å². The monoisotopic (exact) mass is 331 g/mol. The summed E-state index contributed by atoms with van der Waals surface area (Å²) in [5.74, 6) is -1.37. The number of nitrogens with one attached hydrogen (secondary N) is 1. The van der Waals surface area contributed by atoms with Crippen molar-refractivity contribution < 1.29 is 24.5 Å². The number of phenols is 1. The molecule has 7 heteroatoms. The number of carboxylic acid groups (broad SMARTS) is 1. The molecule has 19 heavy (non-hydrogen) atoms. The number of benzene rings is 1. The van der Waals surface area contributed by atoms with Crippen LogP contribution in [0.25, 0.3) is 0 Å². The van der Waals surface area contributed by atoms with E-state index in [0.29, 0.717) is 10.0 Å². The average Bonchev–Trinajstić information content (AvgIpc) is 2.31. The Labute approximate surface area is 118 Å². The smallest absolute Gasteiger partial charge is 0.326 e. The Morgan fingerprint density at radius 3 is 2.58 bits per heavy atom. The summed E-state index contributed by atoms with van der Waals surface area (Å²) in [6, 6.07) is 2.08. The maximum Gasteiger partial charge on any atom is 0.326 e. The minimum absolute atomic E-state index is 0.0577. The number of phenolic OH excluding ortho intramolecular Hbond substituents is 1. The first-order valence-electron chi connectivity index (χ1n) is 5.40. The second kappa shape index (κ2) is 6.42. The molecule has 0 saturated carbocycles. The largest absolute Gasteiger partial charge is 0.503 e. The standard InChI is InChI=1S/C12H14BrNO5/c1-6(15)14-9(12(17)18)4-7-3-8(13)11(16)10(5-7)19-2/h3,5,9,16H,4H2,1-2H3,(H,14,15)(H,17,18). The number of halogens is 1. The van der Waals surface area contributed by atoms with Crippen molar-refractivity contribution in [2.45, 2.75) is 19.4 Å². The van der Waals surface area contributed by atoms with Crippen molar-refractivity contribution in [3.8, 4) is 11.5 Å². The first-order chi connectivity index (χ1) is 8.85. The first-order valence-corrected chi connectivity index (χ1v) is 6.19. The zero-order chi connectivity index (χ0) is 14.6. The highest BCUT2D eigenvalue weighted by atomic mass is 79.9. The zero-order valence-corrected chi connectivity index (χ0v) is 12.0. The van der Waals surface area contributed by atoms with Gasteiger partial charge in [0, 0.05) is 13.3 Å².